The zero-order chi connectivity index (χ0) is 28.6. The lowest BCUT2D eigenvalue weighted by Gasteiger charge is -2.26. The first-order valence-corrected chi connectivity index (χ1v) is 12.8. The van der Waals surface area contributed by atoms with E-state index in [-0.39, 0.29) is 12.2 Å². The number of fused-ring (bicyclic) bond motifs is 2. The molecule has 0 bridgehead atoms. The Bertz CT molecular complexity index is 1540. The molecule has 2 N–H and O–H groups in total. The van der Waals surface area contributed by atoms with Gasteiger partial charge in [-0.1, -0.05) is 0 Å². The summed E-state index contributed by atoms with van der Waals surface area (Å²) in [5, 5.41) is 0.336. The molecule has 0 spiro atoms. The van der Waals surface area contributed by atoms with Crippen molar-refractivity contribution in [3.05, 3.63) is 59.9 Å². The number of morpholine rings is 1. The fourth-order valence-electron chi connectivity index (χ4n) is 4.21. The van der Waals surface area contributed by atoms with Crippen molar-refractivity contribution in [1.82, 2.24) is 14.9 Å². The van der Waals surface area contributed by atoms with Gasteiger partial charge in [0.15, 0.2) is 0 Å². The molecule has 11 nitrogen and oxygen atoms in total. The van der Waals surface area contributed by atoms with Gasteiger partial charge >= 0.3 is 5.97 Å². The van der Waals surface area contributed by atoms with Crippen LogP contribution in [0.5, 0.6) is 11.5 Å². The van der Waals surface area contributed by atoms with Crippen LogP contribution in [0, 0.1) is 0 Å². The zero-order valence-corrected chi connectivity index (χ0v) is 22.7. The van der Waals surface area contributed by atoms with E-state index in [0.717, 1.165) is 24.1 Å². The highest BCUT2D eigenvalue weighted by Crippen LogP contribution is 2.25. The maximum Gasteiger partial charge on any atom is 0.379 e. The summed E-state index contributed by atoms with van der Waals surface area (Å²) in [6, 6.07) is 10.4. The minimum Gasteiger partial charge on any atom is -0.497 e. The number of Topliss-reactive ketones (excluding diaryl/α,β-unsaturated/α-hetero) is 2. The molecular formula is C28H28ClN3O8. The predicted octanol–water partition coefficient (Wildman–Crippen LogP) is 3.36. The van der Waals surface area contributed by atoms with Crippen molar-refractivity contribution in [1.29, 1.82) is 0 Å². The highest BCUT2D eigenvalue weighted by molar-refractivity contribution is 6.83. The lowest BCUT2D eigenvalue weighted by molar-refractivity contribution is -0.138. The van der Waals surface area contributed by atoms with Crippen LogP contribution in [0.3, 0.4) is 0 Å². The molecule has 1 aliphatic rings. The number of carbonyl (C=O) groups is 4. The van der Waals surface area contributed by atoms with Crippen molar-refractivity contribution in [2.75, 3.05) is 53.7 Å². The smallest absolute Gasteiger partial charge is 0.379 e. The standard InChI is InChI=1S/C17H20N2O5.C11H8ClNO3/c1-22-12-2-3-13-14(11-18-15(13)10-12)16(20)17(21)24-9-6-19-4-7-23-8-5-19;1-16-6-2-3-7-8(10(14)11(12)15)5-13-9(7)4-6/h2-3,10-11,18H,4-9H2,1H3;2-5,13H,1H3. The number of nitrogens with zero attached hydrogens (tertiary/aromatic N) is 1. The van der Waals surface area contributed by atoms with Crippen LogP contribution in [0.25, 0.3) is 21.8 Å². The van der Waals surface area contributed by atoms with E-state index in [0.29, 0.717) is 47.6 Å². The first-order chi connectivity index (χ1) is 19.3. The molecule has 1 fully saturated rings. The highest BCUT2D eigenvalue weighted by Gasteiger charge is 2.22. The second-order valence-corrected chi connectivity index (χ2v) is 9.09. The molecule has 40 heavy (non-hydrogen) atoms. The third-order valence-corrected chi connectivity index (χ3v) is 6.55. The number of nitrogens with one attached hydrogen (secondary N) is 2. The van der Waals surface area contributed by atoms with Gasteiger partial charge in [0.1, 0.15) is 18.1 Å². The molecule has 0 saturated carbocycles. The maximum atomic E-state index is 12.3. The van der Waals surface area contributed by atoms with Gasteiger partial charge in [-0.3, -0.25) is 19.3 Å². The van der Waals surface area contributed by atoms with E-state index in [9.17, 15) is 19.2 Å². The van der Waals surface area contributed by atoms with Gasteiger partial charge < -0.3 is 28.9 Å². The second kappa shape index (κ2) is 13.2. The van der Waals surface area contributed by atoms with Crippen LogP contribution in [0.2, 0.25) is 0 Å². The normalized spacial score (nSPS) is 13.4. The van der Waals surface area contributed by atoms with Crippen LogP contribution in [0.4, 0.5) is 0 Å². The first kappa shape index (κ1) is 28.8. The summed E-state index contributed by atoms with van der Waals surface area (Å²) in [7, 11) is 3.13. The second-order valence-electron chi connectivity index (χ2n) is 8.75. The van der Waals surface area contributed by atoms with Crippen molar-refractivity contribution in [3.8, 4) is 11.5 Å². The number of benzene rings is 2. The first-order valence-electron chi connectivity index (χ1n) is 12.4. The van der Waals surface area contributed by atoms with Gasteiger partial charge in [0.25, 0.3) is 11.0 Å². The minimum atomic E-state index is -0.989. The van der Waals surface area contributed by atoms with E-state index >= 15 is 0 Å². The quantitative estimate of drug-likeness (QED) is 0.134. The number of ketones is 2. The molecule has 1 saturated heterocycles. The number of hydrogen-bond acceptors (Lipinski definition) is 9. The summed E-state index contributed by atoms with van der Waals surface area (Å²) in [5.74, 6) is -0.839. The third-order valence-electron chi connectivity index (χ3n) is 6.38. The lowest BCUT2D eigenvalue weighted by atomic mass is 10.1. The summed E-state index contributed by atoms with van der Waals surface area (Å²) in [6.45, 7) is 3.80. The van der Waals surface area contributed by atoms with E-state index in [1.165, 1.54) is 12.4 Å². The molecule has 0 radical (unpaired) electrons. The Labute approximate surface area is 234 Å². The molecule has 210 valence electrons. The fourth-order valence-corrected chi connectivity index (χ4v) is 4.32. The summed E-state index contributed by atoms with van der Waals surface area (Å²) < 4.78 is 20.6. The van der Waals surface area contributed by atoms with E-state index in [1.807, 2.05) is 0 Å². The highest BCUT2D eigenvalue weighted by atomic mass is 35.5. The van der Waals surface area contributed by atoms with Crippen LogP contribution in [0.15, 0.2) is 48.8 Å². The number of aromatic amines is 2. The van der Waals surface area contributed by atoms with E-state index in [2.05, 4.69) is 14.9 Å². The Hall–Kier alpha value is -4.19. The molecule has 3 heterocycles. The van der Waals surface area contributed by atoms with Crippen molar-refractivity contribution >= 4 is 56.2 Å². The van der Waals surface area contributed by atoms with E-state index in [4.69, 9.17) is 30.5 Å². The number of aromatic nitrogens is 2. The number of methoxy groups -OCH3 is 2. The number of esters is 1. The molecule has 0 aliphatic carbocycles. The SMILES string of the molecule is COc1ccc2c(C(=O)C(=O)Cl)c[nH]c2c1.COc1ccc2c(C(=O)C(=O)OCCN3CCOCC3)c[nH]c2c1. The van der Waals surface area contributed by atoms with Crippen LogP contribution in [-0.4, -0.2) is 91.3 Å². The summed E-state index contributed by atoms with van der Waals surface area (Å²) in [4.78, 5) is 54.5. The van der Waals surface area contributed by atoms with Crippen molar-refractivity contribution in [2.45, 2.75) is 0 Å². The number of hydrogen-bond donors (Lipinski definition) is 2. The van der Waals surface area contributed by atoms with E-state index in [1.54, 1.807) is 50.6 Å². The van der Waals surface area contributed by atoms with Crippen LogP contribution in [0.1, 0.15) is 20.7 Å². The number of carbonyl (C=O) groups excluding carboxylic acids is 4. The minimum absolute atomic E-state index is 0.195. The summed E-state index contributed by atoms with van der Waals surface area (Å²) in [5.41, 5.74) is 2.04. The number of ether oxygens (including phenoxy) is 4. The topological polar surface area (TPSA) is 140 Å². The molecule has 2 aromatic heterocycles. The van der Waals surface area contributed by atoms with E-state index < -0.39 is 22.8 Å². The Morgan fingerprint density at radius 3 is 1.88 bits per heavy atom. The van der Waals surface area contributed by atoms with Crippen LogP contribution in [-0.2, 0) is 19.1 Å². The largest absolute Gasteiger partial charge is 0.497 e. The number of halogens is 1. The Morgan fingerprint density at radius 1 is 0.850 bits per heavy atom. The average Bonchev–Trinajstić information content (AvgIpc) is 3.60. The molecule has 12 heteroatoms. The van der Waals surface area contributed by atoms with Crippen LogP contribution >= 0.6 is 11.6 Å². The van der Waals surface area contributed by atoms with Gasteiger partial charge in [-0.2, -0.15) is 0 Å². The van der Waals surface area contributed by atoms with Gasteiger partial charge in [-0.05, 0) is 35.9 Å². The monoisotopic (exact) mass is 569 g/mol. The Balaban J connectivity index is 0.000000201. The maximum absolute atomic E-state index is 12.3. The Morgan fingerprint density at radius 2 is 1.38 bits per heavy atom. The van der Waals surface area contributed by atoms with Gasteiger partial charge in [-0.15, -0.1) is 0 Å². The third kappa shape index (κ3) is 6.68. The molecule has 4 aromatic rings. The summed E-state index contributed by atoms with van der Waals surface area (Å²) >= 11 is 5.15. The molecular weight excluding hydrogens is 542 g/mol. The number of rotatable bonds is 9. The van der Waals surface area contributed by atoms with Gasteiger partial charge in [0.2, 0.25) is 5.78 Å². The molecule has 0 unspecified atom stereocenters. The van der Waals surface area contributed by atoms with Crippen molar-refractivity contribution in [3.63, 3.8) is 0 Å². The van der Waals surface area contributed by atoms with Gasteiger partial charge in [0, 0.05) is 66.0 Å². The lowest BCUT2D eigenvalue weighted by Crippen LogP contribution is -2.38. The Kier molecular flexibility index (Phi) is 9.54. The zero-order valence-electron chi connectivity index (χ0n) is 22.0. The molecule has 1 aliphatic heterocycles. The molecule has 5 rings (SSSR count). The predicted molar refractivity (Wildman–Crippen MR) is 147 cm³/mol. The van der Waals surface area contributed by atoms with Crippen molar-refractivity contribution in [2.24, 2.45) is 0 Å². The van der Waals surface area contributed by atoms with Gasteiger partial charge in [0.05, 0.1) is 38.6 Å². The molecule has 0 atom stereocenters. The number of H-pyrrole nitrogens is 2. The molecule has 0 amide bonds. The molecule has 2 aromatic carbocycles. The van der Waals surface area contributed by atoms with Crippen molar-refractivity contribution < 1.29 is 38.1 Å². The summed E-state index contributed by atoms with van der Waals surface area (Å²) in [6.07, 6.45) is 2.99. The van der Waals surface area contributed by atoms with Crippen LogP contribution < -0.4 is 9.47 Å². The average molecular weight is 570 g/mol. The van der Waals surface area contributed by atoms with Gasteiger partial charge in [-0.25, -0.2) is 4.79 Å². The fraction of sp³-hybridized carbons (Fsp3) is 0.286.